The third-order valence-corrected chi connectivity index (χ3v) is 1.83. The number of carbonyl (C=O) groups is 1. The van der Waals surface area contributed by atoms with E-state index in [-0.39, 0.29) is 0 Å². The number of isocyanates is 1. The molecule has 0 heterocycles. The fourth-order valence-electron chi connectivity index (χ4n) is 0.924. The van der Waals surface area contributed by atoms with Crippen LogP contribution < -0.4 is 0 Å². The van der Waals surface area contributed by atoms with Crippen molar-refractivity contribution in [3.05, 3.63) is 11.6 Å². The van der Waals surface area contributed by atoms with Crippen LogP contribution in [0.2, 0.25) is 0 Å². The molecule has 0 spiro atoms. The molecule has 0 aromatic rings. The molecule has 0 saturated heterocycles. The van der Waals surface area contributed by atoms with Crippen LogP contribution in [0.3, 0.4) is 0 Å². The number of hydrogen-bond acceptors (Lipinski definition) is 5. The first-order chi connectivity index (χ1) is 8.18. The van der Waals surface area contributed by atoms with Crippen molar-refractivity contribution in [1.29, 1.82) is 0 Å². The summed E-state index contributed by atoms with van der Waals surface area (Å²) in [4.78, 5) is 23.4. The molecule has 6 heteroatoms. The van der Waals surface area contributed by atoms with Crippen molar-refractivity contribution in [2.45, 2.75) is 13.3 Å². The Balaban J connectivity index is 3.27. The summed E-state index contributed by atoms with van der Waals surface area (Å²) in [5, 5.41) is 8.56. The third-order valence-electron chi connectivity index (χ3n) is 1.83. The van der Waals surface area contributed by atoms with Gasteiger partial charge in [0.15, 0.2) is 0 Å². The lowest BCUT2D eigenvalue weighted by Gasteiger charge is -2.03. The zero-order valence-corrected chi connectivity index (χ0v) is 9.85. The predicted octanol–water partition coefficient (Wildman–Crippen LogP) is 0.776. The molecule has 0 aromatic carbocycles. The van der Waals surface area contributed by atoms with Crippen LogP contribution in [-0.4, -0.2) is 50.1 Å². The first kappa shape index (κ1) is 15.5. The molecule has 0 aromatic heterocycles. The molecule has 0 unspecified atom stereocenters. The van der Waals surface area contributed by atoms with Crippen molar-refractivity contribution >= 4 is 12.0 Å². The highest BCUT2D eigenvalue weighted by molar-refractivity contribution is 5.85. The Labute approximate surface area is 99.9 Å². The summed E-state index contributed by atoms with van der Waals surface area (Å²) in [5.74, 6) is -0.913. The molecule has 17 heavy (non-hydrogen) atoms. The van der Waals surface area contributed by atoms with Gasteiger partial charge >= 0.3 is 5.97 Å². The van der Waals surface area contributed by atoms with E-state index in [2.05, 4.69) is 4.99 Å². The summed E-state index contributed by atoms with van der Waals surface area (Å²) in [6.45, 7) is 3.54. The van der Waals surface area contributed by atoms with E-state index in [1.165, 1.54) is 6.08 Å². The third kappa shape index (κ3) is 10.8. The van der Waals surface area contributed by atoms with Crippen LogP contribution in [0.15, 0.2) is 16.6 Å². The van der Waals surface area contributed by atoms with Crippen LogP contribution >= 0.6 is 0 Å². The summed E-state index contributed by atoms with van der Waals surface area (Å²) in [7, 11) is 0. The maximum atomic E-state index is 10.4. The lowest BCUT2D eigenvalue weighted by atomic mass is 10.2. The number of nitrogens with zero attached hydrogens (tertiary/aromatic N) is 1. The lowest BCUT2D eigenvalue weighted by molar-refractivity contribution is -0.132. The van der Waals surface area contributed by atoms with Crippen molar-refractivity contribution in [3.8, 4) is 0 Å². The van der Waals surface area contributed by atoms with Crippen LogP contribution in [0.5, 0.6) is 0 Å². The molecule has 0 fully saturated rings. The first-order valence-corrected chi connectivity index (χ1v) is 5.27. The second kappa shape index (κ2) is 11.0. The molecule has 0 aliphatic carbocycles. The molecule has 0 bridgehead atoms. The van der Waals surface area contributed by atoms with Gasteiger partial charge in [-0.2, -0.15) is 0 Å². The lowest BCUT2D eigenvalue weighted by Crippen LogP contribution is -2.07. The van der Waals surface area contributed by atoms with Crippen molar-refractivity contribution in [1.82, 2.24) is 0 Å². The number of carboxylic acid groups (broad SMARTS) is 1. The fourth-order valence-corrected chi connectivity index (χ4v) is 0.924. The summed E-state index contributed by atoms with van der Waals surface area (Å²) < 4.78 is 10.3. The van der Waals surface area contributed by atoms with Gasteiger partial charge in [0.25, 0.3) is 0 Å². The van der Waals surface area contributed by atoms with Crippen molar-refractivity contribution in [2.75, 3.05) is 33.0 Å². The normalized spacial score (nSPS) is 11.0. The zero-order chi connectivity index (χ0) is 12.9. The van der Waals surface area contributed by atoms with Gasteiger partial charge in [-0.15, -0.1) is 0 Å². The minimum absolute atomic E-state index is 0.310. The average Bonchev–Trinajstić information content (AvgIpc) is 2.31. The molecular weight excluding hydrogens is 226 g/mol. The van der Waals surface area contributed by atoms with Gasteiger partial charge in [0.05, 0.1) is 33.0 Å². The number of carboxylic acids is 1. The standard InChI is InChI=1S/C11H17NO5/c1-10(11(14)15)3-2-5-16-7-8-17-6-4-12-9-13/h3H,2,4-8H2,1H3,(H,14,15)/b10-3+. The Kier molecular flexibility index (Phi) is 10.0. The van der Waals surface area contributed by atoms with Crippen LogP contribution in [0.4, 0.5) is 0 Å². The fraction of sp³-hybridized carbons (Fsp3) is 0.636. The number of hydrogen-bond donors (Lipinski definition) is 1. The Morgan fingerprint density at radius 2 is 1.94 bits per heavy atom. The van der Waals surface area contributed by atoms with Crippen LogP contribution in [0.25, 0.3) is 0 Å². The van der Waals surface area contributed by atoms with Crippen molar-refractivity contribution in [3.63, 3.8) is 0 Å². The smallest absolute Gasteiger partial charge is 0.330 e. The van der Waals surface area contributed by atoms with E-state index in [0.29, 0.717) is 45.0 Å². The monoisotopic (exact) mass is 243 g/mol. The second-order valence-electron chi connectivity index (χ2n) is 3.18. The highest BCUT2D eigenvalue weighted by Gasteiger charge is 1.97. The number of carbonyl (C=O) groups excluding carboxylic acids is 1. The highest BCUT2D eigenvalue weighted by atomic mass is 16.5. The molecular formula is C11H17NO5. The molecule has 0 amide bonds. The average molecular weight is 243 g/mol. The molecule has 96 valence electrons. The SMILES string of the molecule is C/C(=C\CCOCCOCCN=C=O)C(=O)O. The molecule has 0 aliphatic rings. The van der Waals surface area contributed by atoms with E-state index < -0.39 is 5.97 Å². The Morgan fingerprint density at radius 3 is 2.53 bits per heavy atom. The van der Waals surface area contributed by atoms with E-state index in [1.54, 1.807) is 13.0 Å². The molecule has 0 saturated carbocycles. The van der Waals surface area contributed by atoms with E-state index in [0.717, 1.165) is 0 Å². The first-order valence-electron chi connectivity index (χ1n) is 5.27. The van der Waals surface area contributed by atoms with Crippen LogP contribution in [-0.2, 0) is 19.1 Å². The number of aliphatic imine (C=N–C) groups is 1. The number of rotatable bonds is 10. The molecule has 0 aliphatic heterocycles. The molecule has 1 N–H and O–H groups in total. The van der Waals surface area contributed by atoms with Gasteiger partial charge < -0.3 is 14.6 Å². The van der Waals surface area contributed by atoms with Crippen molar-refractivity contribution in [2.24, 2.45) is 4.99 Å². The minimum Gasteiger partial charge on any atom is -0.478 e. The second-order valence-corrected chi connectivity index (χ2v) is 3.18. The number of aliphatic carboxylic acids is 1. The van der Waals surface area contributed by atoms with Gasteiger partial charge in [0.2, 0.25) is 6.08 Å². The zero-order valence-electron chi connectivity index (χ0n) is 9.85. The maximum absolute atomic E-state index is 10.4. The van der Waals surface area contributed by atoms with E-state index >= 15 is 0 Å². The molecule has 0 atom stereocenters. The summed E-state index contributed by atoms with van der Waals surface area (Å²) in [6.07, 6.45) is 3.59. The quantitative estimate of drug-likeness (QED) is 0.265. The van der Waals surface area contributed by atoms with Crippen molar-refractivity contribution < 1.29 is 24.2 Å². The Morgan fingerprint density at radius 1 is 1.29 bits per heavy atom. The van der Waals surface area contributed by atoms with Gasteiger partial charge in [-0.25, -0.2) is 14.6 Å². The minimum atomic E-state index is -0.913. The Bertz CT molecular complexity index is 294. The Hall–Kier alpha value is -1.49. The van der Waals surface area contributed by atoms with E-state index in [4.69, 9.17) is 14.6 Å². The molecule has 6 nitrogen and oxygen atoms in total. The topological polar surface area (TPSA) is 85.2 Å². The van der Waals surface area contributed by atoms with Gasteiger partial charge in [-0.3, -0.25) is 0 Å². The summed E-state index contributed by atoms with van der Waals surface area (Å²) >= 11 is 0. The van der Waals surface area contributed by atoms with Gasteiger partial charge in [0.1, 0.15) is 0 Å². The van der Waals surface area contributed by atoms with E-state index in [1.807, 2.05) is 0 Å². The summed E-state index contributed by atoms with van der Waals surface area (Å²) in [6, 6.07) is 0. The highest BCUT2D eigenvalue weighted by Crippen LogP contribution is 1.95. The van der Waals surface area contributed by atoms with Crippen LogP contribution in [0, 0.1) is 0 Å². The predicted molar refractivity (Wildman–Crippen MR) is 60.6 cm³/mol. The number of ether oxygens (including phenoxy) is 2. The van der Waals surface area contributed by atoms with Gasteiger partial charge in [-0.1, -0.05) is 6.08 Å². The summed E-state index contributed by atoms with van der Waals surface area (Å²) in [5.41, 5.74) is 0.316. The van der Waals surface area contributed by atoms with Gasteiger partial charge in [-0.05, 0) is 13.3 Å². The van der Waals surface area contributed by atoms with E-state index in [9.17, 15) is 9.59 Å². The van der Waals surface area contributed by atoms with Crippen LogP contribution in [0.1, 0.15) is 13.3 Å². The maximum Gasteiger partial charge on any atom is 0.330 e. The van der Waals surface area contributed by atoms with Gasteiger partial charge in [0, 0.05) is 5.57 Å². The molecule has 0 radical (unpaired) electrons. The molecule has 0 rings (SSSR count). The largest absolute Gasteiger partial charge is 0.478 e.